The first kappa shape index (κ1) is 22.6. The number of aromatic hydroxyl groups is 4. The largest absolute Gasteiger partial charge is 0.508 e. The van der Waals surface area contributed by atoms with E-state index < -0.39 is 76.7 Å². The predicted octanol–water partition coefficient (Wildman–Crippen LogP) is -0.539. The van der Waals surface area contributed by atoms with Crippen LogP contribution in [-0.2, 0) is 4.74 Å². The molecule has 2 unspecified atom stereocenters. The van der Waals surface area contributed by atoms with Crippen LogP contribution >= 0.6 is 0 Å². The number of aliphatic hydroxyl groups excluding tert-OH is 4. The molecule has 2 aromatic carbocycles. The molecule has 1 fully saturated rings. The Bertz CT molecular complexity index is 1230. The molecule has 1 aromatic heterocycles. The third-order valence-corrected chi connectivity index (χ3v) is 5.27. The number of ether oxygens (including phenoxy) is 2. The molecule has 3 aromatic rings. The lowest BCUT2D eigenvalue weighted by molar-refractivity contribution is -0.277. The van der Waals surface area contributed by atoms with Crippen molar-refractivity contribution in [2.24, 2.45) is 0 Å². The zero-order chi connectivity index (χ0) is 24.0. The molecule has 0 aliphatic carbocycles. The second-order valence-corrected chi connectivity index (χ2v) is 7.42. The summed E-state index contributed by atoms with van der Waals surface area (Å²) in [7, 11) is 0. The summed E-state index contributed by atoms with van der Waals surface area (Å²) in [4.78, 5) is 13.3. The van der Waals surface area contributed by atoms with Gasteiger partial charge in [0.1, 0.15) is 41.3 Å². The molecule has 1 aliphatic rings. The first-order chi connectivity index (χ1) is 15.6. The van der Waals surface area contributed by atoms with Gasteiger partial charge in [-0.15, -0.1) is 0 Å². The highest BCUT2D eigenvalue weighted by atomic mass is 16.7. The van der Waals surface area contributed by atoms with Crippen LogP contribution in [0, 0.1) is 0 Å². The fraction of sp³-hybridized carbons (Fsp3) is 0.286. The van der Waals surface area contributed by atoms with Crippen molar-refractivity contribution in [3.8, 4) is 40.1 Å². The van der Waals surface area contributed by atoms with Crippen LogP contribution in [0.15, 0.2) is 39.5 Å². The highest BCUT2D eigenvalue weighted by Crippen LogP contribution is 2.42. The van der Waals surface area contributed by atoms with Gasteiger partial charge < -0.3 is 54.7 Å². The van der Waals surface area contributed by atoms with Gasteiger partial charge >= 0.3 is 0 Å². The Morgan fingerprint density at radius 2 is 1.58 bits per heavy atom. The fourth-order valence-corrected chi connectivity index (χ4v) is 3.50. The molecule has 5 atom stereocenters. The third-order valence-electron chi connectivity index (χ3n) is 5.27. The van der Waals surface area contributed by atoms with E-state index in [1.807, 2.05) is 0 Å². The molecule has 8 N–H and O–H groups in total. The monoisotopic (exact) mass is 464 g/mol. The zero-order valence-electron chi connectivity index (χ0n) is 16.7. The van der Waals surface area contributed by atoms with E-state index in [2.05, 4.69) is 0 Å². The van der Waals surface area contributed by atoms with Gasteiger partial charge in [0.25, 0.3) is 0 Å². The lowest BCUT2D eigenvalue weighted by Gasteiger charge is -2.39. The maximum Gasteiger partial charge on any atom is 0.239 e. The Morgan fingerprint density at radius 3 is 2.21 bits per heavy atom. The summed E-state index contributed by atoms with van der Waals surface area (Å²) in [5, 5.41) is 78.8. The minimum absolute atomic E-state index is 0.114. The summed E-state index contributed by atoms with van der Waals surface area (Å²) in [5.41, 5.74) is -1.46. The summed E-state index contributed by atoms with van der Waals surface area (Å²) in [6.07, 6.45) is -8.40. The molecule has 1 aliphatic heterocycles. The van der Waals surface area contributed by atoms with E-state index in [0.717, 1.165) is 0 Å². The van der Waals surface area contributed by atoms with Crippen LogP contribution in [-0.4, -0.2) is 78.2 Å². The first-order valence-corrected chi connectivity index (χ1v) is 9.65. The van der Waals surface area contributed by atoms with Gasteiger partial charge in [0, 0.05) is 11.6 Å². The molecule has 0 radical (unpaired) electrons. The molecule has 2 heterocycles. The van der Waals surface area contributed by atoms with Crippen LogP contribution in [0.25, 0.3) is 22.3 Å². The van der Waals surface area contributed by atoms with Gasteiger partial charge in [-0.25, -0.2) is 0 Å². The zero-order valence-corrected chi connectivity index (χ0v) is 16.7. The van der Waals surface area contributed by atoms with Crippen molar-refractivity contribution in [2.45, 2.75) is 30.7 Å². The number of benzene rings is 2. The van der Waals surface area contributed by atoms with Crippen LogP contribution in [0.5, 0.6) is 28.7 Å². The molecule has 12 heteroatoms. The Labute approximate surface area is 184 Å². The molecule has 0 spiro atoms. The summed E-state index contributed by atoms with van der Waals surface area (Å²) in [6, 6.07) is 5.90. The Balaban J connectivity index is 1.92. The minimum Gasteiger partial charge on any atom is -0.508 e. The topological polar surface area (TPSA) is 211 Å². The second kappa shape index (κ2) is 8.42. The highest BCUT2D eigenvalue weighted by Gasteiger charge is 2.45. The normalized spacial score (nSPS) is 25.3. The van der Waals surface area contributed by atoms with Crippen molar-refractivity contribution in [3.63, 3.8) is 0 Å². The van der Waals surface area contributed by atoms with Gasteiger partial charge in [0.15, 0.2) is 17.1 Å². The SMILES string of the molecule is O=c1c(O[C@H]2O[C@H](CO)[C@@H](O)C(O)C2O)c(-c2ccc(O)cc2)oc2c(O)c(O)cc(O)c12. The molecule has 12 nitrogen and oxygen atoms in total. The van der Waals surface area contributed by atoms with Crippen molar-refractivity contribution >= 4 is 11.0 Å². The van der Waals surface area contributed by atoms with E-state index >= 15 is 0 Å². The number of phenolic OH excluding ortho intramolecular Hbond substituents is 4. The predicted molar refractivity (Wildman–Crippen MR) is 109 cm³/mol. The fourth-order valence-electron chi connectivity index (χ4n) is 3.50. The third kappa shape index (κ3) is 3.79. The number of hydrogen-bond acceptors (Lipinski definition) is 12. The summed E-state index contributed by atoms with van der Waals surface area (Å²) >= 11 is 0. The maximum atomic E-state index is 13.3. The number of aliphatic hydroxyl groups is 4. The summed E-state index contributed by atoms with van der Waals surface area (Å²) < 4.78 is 16.4. The van der Waals surface area contributed by atoms with Crippen LogP contribution in [0.3, 0.4) is 0 Å². The van der Waals surface area contributed by atoms with Gasteiger partial charge in [0.2, 0.25) is 23.2 Å². The molecule has 0 amide bonds. The van der Waals surface area contributed by atoms with Gasteiger partial charge in [-0.05, 0) is 24.3 Å². The molecular formula is C21H20O12. The Kier molecular flexibility index (Phi) is 5.78. The van der Waals surface area contributed by atoms with Crippen molar-refractivity contribution in [2.75, 3.05) is 6.61 Å². The van der Waals surface area contributed by atoms with E-state index in [-0.39, 0.29) is 17.1 Å². The van der Waals surface area contributed by atoms with Gasteiger partial charge in [-0.1, -0.05) is 0 Å². The number of hydrogen-bond donors (Lipinski definition) is 8. The Morgan fingerprint density at radius 1 is 0.909 bits per heavy atom. The van der Waals surface area contributed by atoms with E-state index in [1.54, 1.807) is 0 Å². The smallest absolute Gasteiger partial charge is 0.239 e. The van der Waals surface area contributed by atoms with Gasteiger partial charge in [0.05, 0.1) is 6.61 Å². The first-order valence-electron chi connectivity index (χ1n) is 9.65. The van der Waals surface area contributed by atoms with Crippen molar-refractivity contribution in [1.82, 2.24) is 0 Å². The minimum atomic E-state index is -1.85. The van der Waals surface area contributed by atoms with Crippen molar-refractivity contribution in [3.05, 3.63) is 40.6 Å². The van der Waals surface area contributed by atoms with E-state index in [9.17, 15) is 45.6 Å². The number of phenols is 4. The Hall–Kier alpha value is -3.55. The van der Waals surface area contributed by atoms with Crippen LogP contribution in [0.2, 0.25) is 0 Å². The van der Waals surface area contributed by atoms with E-state index in [4.69, 9.17) is 13.9 Å². The van der Waals surface area contributed by atoms with Crippen LogP contribution in [0.1, 0.15) is 0 Å². The molecule has 0 saturated carbocycles. The quantitative estimate of drug-likeness (QED) is 0.181. The maximum absolute atomic E-state index is 13.3. The van der Waals surface area contributed by atoms with Crippen molar-refractivity contribution in [1.29, 1.82) is 0 Å². The molecular weight excluding hydrogens is 444 g/mol. The average molecular weight is 464 g/mol. The van der Waals surface area contributed by atoms with Crippen LogP contribution in [0.4, 0.5) is 0 Å². The summed E-state index contributed by atoms with van der Waals surface area (Å²) in [6.45, 7) is -0.740. The lowest BCUT2D eigenvalue weighted by atomic mass is 9.99. The molecule has 0 bridgehead atoms. The molecule has 33 heavy (non-hydrogen) atoms. The summed E-state index contributed by atoms with van der Waals surface area (Å²) in [5.74, 6) is -3.43. The number of rotatable bonds is 4. The van der Waals surface area contributed by atoms with Gasteiger partial charge in [-0.3, -0.25) is 4.79 Å². The van der Waals surface area contributed by atoms with E-state index in [0.29, 0.717) is 6.07 Å². The van der Waals surface area contributed by atoms with Crippen molar-refractivity contribution < 1.29 is 54.7 Å². The molecule has 4 rings (SSSR count). The standard InChI is InChI=1S/C21H20O12/c22-6-11-14(27)16(29)17(30)21(31-11)33-20-15(28)12-9(24)5-10(25)13(26)19(12)32-18(20)7-1-3-8(23)4-2-7/h1-5,11,14,16-17,21-27,29-30H,6H2/t11-,14-,16?,17?,21-/m1/s1. The van der Waals surface area contributed by atoms with Gasteiger partial charge in [-0.2, -0.15) is 0 Å². The molecule has 1 saturated heterocycles. The highest BCUT2D eigenvalue weighted by molar-refractivity contribution is 5.93. The lowest BCUT2D eigenvalue weighted by Crippen LogP contribution is -2.60. The number of fused-ring (bicyclic) bond motifs is 1. The molecule has 176 valence electrons. The second-order valence-electron chi connectivity index (χ2n) is 7.42. The van der Waals surface area contributed by atoms with E-state index in [1.165, 1.54) is 24.3 Å². The average Bonchev–Trinajstić information content (AvgIpc) is 2.79. The van der Waals surface area contributed by atoms with Crippen LogP contribution < -0.4 is 10.2 Å².